The van der Waals surface area contributed by atoms with E-state index in [0.29, 0.717) is 54.1 Å². The van der Waals surface area contributed by atoms with E-state index in [1.54, 1.807) is 19.2 Å². The number of nitrogens with one attached hydrogen (secondary N) is 1. The van der Waals surface area contributed by atoms with E-state index >= 15 is 0 Å². The molecule has 0 aromatic heterocycles. The second-order valence-electron chi connectivity index (χ2n) is 6.44. The topological polar surface area (TPSA) is 60.0 Å². The fraction of sp³-hybridized carbons (Fsp3) is 0.350. The first-order chi connectivity index (χ1) is 13.2. The van der Waals surface area contributed by atoms with E-state index in [-0.39, 0.29) is 11.9 Å². The Morgan fingerprint density at radius 3 is 2.89 bits per heavy atom. The van der Waals surface area contributed by atoms with E-state index in [2.05, 4.69) is 5.32 Å². The van der Waals surface area contributed by atoms with Crippen molar-refractivity contribution >= 4 is 17.5 Å². The Hall–Kier alpha value is -2.44. The number of methoxy groups -OCH3 is 1. The van der Waals surface area contributed by atoms with Crippen LogP contribution in [0.25, 0.3) is 0 Å². The van der Waals surface area contributed by atoms with Gasteiger partial charge in [0.2, 0.25) is 5.75 Å². The Bertz CT molecular complexity index is 841. The summed E-state index contributed by atoms with van der Waals surface area (Å²) in [5, 5.41) is 4.00. The van der Waals surface area contributed by atoms with Crippen molar-refractivity contribution in [3.63, 3.8) is 0 Å². The second kappa shape index (κ2) is 7.66. The van der Waals surface area contributed by atoms with Crippen LogP contribution in [0.4, 0.5) is 0 Å². The van der Waals surface area contributed by atoms with E-state index in [1.807, 2.05) is 29.2 Å². The van der Waals surface area contributed by atoms with Gasteiger partial charge < -0.3 is 24.4 Å². The molecule has 0 saturated carbocycles. The molecule has 4 rings (SSSR count). The van der Waals surface area contributed by atoms with Crippen molar-refractivity contribution in [2.24, 2.45) is 0 Å². The lowest BCUT2D eigenvalue weighted by atomic mass is 10.0. The molecule has 1 amide bonds. The summed E-state index contributed by atoms with van der Waals surface area (Å²) in [5.41, 5.74) is 1.44. The minimum absolute atomic E-state index is 0.0864. The lowest BCUT2D eigenvalue weighted by Crippen LogP contribution is -2.48. The van der Waals surface area contributed by atoms with Gasteiger partial charge in [-0.3, -0.25) is 4.79 Å². The van der Waals surface area contributed by atoms with Gasteiger partial charge in [-0.1, -0.05) is 29.8 Å². The van der Waals surface area contributed by atoms with Crippen molar-refractivity contribution in [3.05, 3.63) is 52.5 Å². The molecule has 2 aliphatic rings. The predicted molar refractivity (Wildman–Crippen MR) is 102 cm³/mol. The smallest absolute Gasteiger partial charge is 0.254 e. The van der Waals surface area contributed by atoms with Gasteiger partial charge >= 0.3 is 0 Å². The number of halogens is 1. The summed E-state index contributed by atoms with van der Waals surface area (Å²) in [6.45, 7) is 2.88. The summed E-state index contributed by atoms with van der Waals surface area (Å²) >= 11 is 6.39. The minimum atomic E-state index is -0.140. The van der Waals surface area contributed by atoms with Crippen LogP contribution in [-0.4, -0.2) is 50.8 Å². The molecule has 0 radical (unpaired) electrons. The van der Waals surface area contributed by atoms with Gasteiger partial charge in [0.15, 0.2) is 11.5 Å². The van der Waals surface area contributed by atoms with Crippen molar-refractivity contribution in [3.8, 4) is 17.2 Å². The number of hydrogen-bond acceptors (Lipinski definition) is 5. The maximum Gasteiger partial charge on any atom is 0.254 e. The van der Waals surface area contributed by atoms with Crippen molar-refractivity contribution < 1.29 is 19.0 Å². The summed E-state index contributed by atoms with van der Waals surface area (Å²) in [4.78, 5) is 15.2. The predicted octanol–water partition coefficient (Wildman–Crippen LogP) is 2.91. The van der Waals surface area contributed by atoms with Crippen LogP contribution in [0.1, 0.15) is 22.0 Å². The molecule has 1 atom stereocenters. The third-order valence-corrected chi connectivity index (χ3v) is 5.19. The molecule has 1 saturated heterocycles. The highest BCUT2D eigenvalue weighted by Crippen LogP contribution is 2.41. The fourth-order valence-corrected chi connectivity index (χ4v) is 3.79. The Morgan fingerprint density at radius 2 is 2.07 bits per heavy atom. The van der Waals surface area contributed by atoms with E-state index < -0.39 is 0 Å². The molecule has 2 heterocycles. The van der Waals surface area contributed by atoms with Crippen LogP contribution in [0, 0.1) is 0 Å². The van der Waals surface area contributed by atoms with Crippen LogP contribution in [-0.2, 0) is 0 Å². The lowest BCUT2D eigenvalue weighted by Gasteiger charge is -2.37. The zero-order chi connectivity index (χ0) is 18.8. The normalized spacial score (nSPS) is 18.9. The van der Waals surface area contributed by atoms with Gasteiger partial charge in [-0.15, -0.1) is 0 Å². The average molecular weight is 389 g/mol. The van der Waals surface area contributed by atoms with Crippen LogP contribution >= 0.6 is 11.6 Å². The first-order valence-electron chi connectivity index (χ1n) is 8.93. The molecule has 27 heavy (non-hydrogen) atoms. The van der Waals surface area contributed by atoms with Gasteiger partial charge in [0.25, 0.3) is 5.91 Å². The summed E-state index contributed by atoms with van der Waals surface area (Å²) in [5.74, 6) is 1.49. The number of amides is 1. The second-order valence-corrected chi connectivity index (χ2v) is 6.85. The number of carbonyl (C=O) groups excluding carboxylic acids is 1. The van der Waals surface area contributed by atoms with Gasteiger partial charge in [-0.2, -0.15) is 0 Å². The Labute approximate surface area is 163 Å². The average Bonchev–Trinajstić information content (AvgIpc) is 2.72. The van der Waals surface area contributed by atoms with Gasteiger partial charge in [0.1, 0.15) is 13.2 Å². The van der Waals surface area contributed by atoms with Crippen molar-refractivity contribution in [1.29, 1.82) is 0 Å². The minimum Gasteiger partial charge on any atom is -0.493 e. The molecule has 2 aliphatic heterocycles. The van der Waals surface area contributed by atoms with Gasteiger partial charge in [0.05, 0.1) is 13.2 Å². The zero-order valence-electron chi connectivity index (χ0n) is 15.0. The van der Waals surface area contributed by atoms with Crippen molar-refractivity contribution in [2.45, 2.75) is 6.04 Å². The molecule has 2 aromatic carbocycles. The number of rotatable bonds is 3. The lowest BCUT2D eigenvalue weighted by molar-refractivity contribution is 0.0633. The number of hydrogen-bond donors (Lipinski definition) is 1. The van der Waals surface area contributed by atoms with Crippen molar-refractivity contribution in [2.75, 3.05) is 40.0 Å². The highest BCUT2D eigenvalue weighted by molar-refractivity contribution is 6.31. The Morgan fingerprint density at radius 1 is 1.26 bits per heavy atom. The molecule has 2 aromatic rings. The van der Waals surface area contributed by atoms with Gasteiger partial charge in [0, 0.05) is 30.2 Å². The van der Waals surface area contributed by atoms with E-state index in [9.17, 15) is 4.79 Å². The van der Waals surface area contributed by atoms with Crippen LogP contribution in [0.5, 0.6) is 17.2 Å². The first kappa shape index (κ1) is 17.9. The largest absolute Gasteiger partial charge is 0.493 e. The number of piperazine rings is 1. The molecule has 6 nitrogen and oxygen atoms in total. The van der Waals surface area contributed by atoms with E-state index in [0.717, 1.165) is 12.1 Å². The van der Waals surface area contributed by atoms with Crippen LogP contribution in [0.2, 0.25) is 5.02 Å². The quantitative estimate of drug-likeness (QED) is 0.876. The zero-order valence-corrected chi connectivity index (χ0v) is 15.8. The molecule has 1 unspecified atom stereocenters. The molecular weight excluding hydrogens is 368 g/mol. The Balaban J connectivity index is 1.69. The molecule has 1 fully saturated rings. The maximum atomic E-state index is 13.4. The van der Waals surface area contributed by atoms with E-state index in [4.69, 9.17) is 25.8 Å². The molecule has 0 aliphatic carbocycles. The molecular formula is C20H21ClN2O4. The monoisotopic (exact) mass is 388 g/mol. The number of nitrogens with zero attached hydrogens (tertiary/aromatic N) is 1. The summed E-state index contributed by atoms with van der Waals surface area (Å²) in [6, 6.07) is 10.9. The summed E-state index contributed by atoms with van der Waals surface area (Å²) in [7, 11) is 1.55. The molecule has 7 heteroatoms. The van der Waals surface area contributed by atoms with Crippen LogP contribution < -0.4 is 19.5 Å². The standard InChI is InChI=1S/C20H21ClN2O4/c1-25-17-10-13(11-18-19(17)27-9-8-26-18)20(24)23-7-6-22-12-16(23)14-4-2-3-5-15(14)21/h2-5,10-11,16,22H,6-9,12H2,1H3. The summed E-state index contributed by atoms with van der Waals surface area (Å²) < 4.78 is 16.7. The van der Waals surface area contributed by atoms with Gasteiger partial charge in [-0.25, -0.2) is 0 Å². The number of ether oxygens (including phenoxy) is 3. The molecule has 0 bridgehead atoms. The maximum absolute atomic E-state index is 13.4. The molecule has 142 valence electrons. The molecule has 1 N–H and O–H groups in total. The summed E-state index contributed by atoms with van der Waals surface area (Å²) in [6.07, 6.45) is 0. The number of fused-ring (bicyclic) bond motifs is 1. The third-order valence-electron chi connectivity index (χ3n) is 4.84. The highest BCUT2D eigenvalue weighted by atomic mass is 35.5. The van der Waals surface area contributed by atoms with E-state index in [1.165, 1.54) is 0 Å². The number of carbonyl (C=O) groups is 1. The van der Waals surface area contributed by atoms with Crippen LogP contribution in [0.15, 0.2) is 36.4 Å². The SMILES string of the molecule is COc1cc(C(=O)N2CCNCC2c2ccccc2Cl)cc2c1OCCO2. The fourth-order valence-electron chi connectivity index (χ4n) is 3.53. The molecule has 0 spiro atoms. The Kier molecular flexibility index (Phi) is 5.09. The van der Waals surface area contributed by atoms with Crippen molar-refractivity contribution in [1.82, 2.24) is 10.2 Å². The number of benzene rings is 2. The highest BCUT2D eigenvalue weighted by Gasteiger charge is 2.31. The third kappa shape index (κ3) is 3.42. The van der Waals surface area contributed by atoms with Crippen LogP contribution in [0.3, 0.4) is 0 Å². The van der Waals surface area contributed by atoms with Gasteiger partial charge in [-0.05, 0) is 23.8 Å². The first-order valence-corrected chi connectivity index (χ1v) is 9.30.